The molecule has 0 unspecified atom stereocenters. The third kappa shape index (κ3) is 1.46. The molecule has 3 aromatic rings. The van der Waals surface area contributed by atoms with Gasteiger partial charge < -0.3 is 10.7 Å². The number of nitrogen functional groups attached to an aromatic ring is 1. The van der Waals surface area contributed by atoms with E-state index in [1.54, 1.807) is 0 Å². The molecule has 4 nitrogen and oxygen atoms in total. The van der Waals surface area contributed by atoms with Crippen LogP contribution in [0.5, 0.6) is 0 Å². The molecule has 0 aliphatic heterocycles. The topological polar surface area (TPSA) is 71.8 Å². The summed E-state index contributed by atoms with van der Waals surface area (Å²) in [7, 11) is 0. The van der Waals surface area contributed by atoms with Crippen LogP contribution in [-0.4, -0.2) is 9.97 Å². The van der Waals surface area contributed by atoms with Gasteiger partial charge in [-0.2, -0.15) is 0 Å². The number of anilines is 1. The van der Waals surface area contributed by atoms with E-state index < -0.39 is 0 Å². The summed E-state index contributed by atoms with van der Waals surface area (Å²) in [6.07, 6.45) is 0. The third-order valence-electron chi connectivity index (χ3n) is 3.10. The second kappa shape index (κ2) is 3.57. The molecular weight excluding hydrogens is 226 g/mol. The van der Waals surface area contributed by atoms with E-state index in [1.165, 1.54) is 0 Å². The molecule has 0 saturated carbocycles. The van der Waals surface area contributed by atoms with Crippen molar-refractivity contribution in [2.24, 2.45) is 0 Å². The lowest BCUT2D eigenvalue weighted by Gasteiger charge is -2.07. The van der Waals surface area contributed by atoms with Crippen LogP contribution in [-0.2, 0) is 0 Å². The van der Waals surface area contributed by atoms with Crippen LogP contribution in [0.1, 0.15) is 11.3 Å². The van der Waals surface area contributed by atoms with E-state index in [-0.39, 0.29) is 5.56 Å². The maximum Gasteiger partial charge on any atom is 0.259 e. The second-order valence-corrected chi connectivity index (χ2v) is 4.59. The number of nitrogens with zero attached hydrogens (tertiary/aromatic N) is 1. The van der Waals surface area contributed by atoms with E-state index in [0.717, 1.165) is 22.2 Å². The van der Waals surface area contributed by atoms with Crippen molar-refractivity contribution in [3.63, 3.8) is 0 Å². The highest BCUT2D eigenvalue weighted by atomic mass is 16.1. The van der Waals surface area contributed by atoms with Gasteiger partial charge in [0.25, 0.3) is 5.56 Å². The van der Waals surface area contributed by atoms with E-state index in [0.29, 0.717) is 16.6 Å². The van der Waals surface area contributed by atoms with Crippen molar-refractivity contribution >= 4 is 27.5 Å². The first kappa shape index (κ1) is 10.8. The lowest BCUT2D eigenvalue weighted by atomic mass is 10.1. The maximum atomic E-state index is 12.0. The van der Waals surface area contributed by atoms with Crippen LogP contribution in [0.3, 0.4) is 0 Å². The fourth-order valence-electron chi connectivity index (χ4n) is 2.25. The van der Waals surface area contributed by atoms with Gasteiger partial charge >= 0.3 is 0 Å². The summed E-state index contributed by atoms with van der Waals surface area (Å²) in [5.74, 6) is 0. The summed E-state index contributed by atoms with van der Waals surface area (Å²) < 4.78 is 0. The highest BCUT2D eigenvalue weighted by Crippen LogP contribution is 2.26. The number of nitrogens with one attached hydrogen (secondary N) is 1. The van der Waals surface area contributed by atoms with Gasteiger partial charge in [0.1, 0.15) is 0 Å². The average Bonchev–Trinajstić information content (AvgIpc) is 2.27. The number of benzene rings is 1. The molecule has 0 atom stereocenters. The fourth-order valence-corrected chi connectivity index (χ4v) is 2.25. The first-order chi connectivity index (χ1) is 8.56. The number of hydrogen-bond acceptors (Lipinski definition) is 3. The standard InChI is InChI=1S/C14H13N3O/c1-7-3-4-9-10(5-7)17-11-6-8(2)16-14(18)12(11)13(9)15/h3-6H,1-2H3,(H2,15,17)(H,16,18). The van der Waals surface area contributed by atoms with Crippen LogP contribution >= 0.6 is 0 Å². The smallest absolute Gasteiger partial charge is 0.259 e. The Morgan fingerprint density at radius 1 is 1.17 bits per heavy atom. The molecule has 0 saturated heterocycles. The van der Waals surface area contributed by atoms with Gasteiger partial charge in [-0.15, -0.1) is 0 Å². The molecular formula is C14H13N3O. The van der Waals surface area contributed by atoms with Crippen LogP contribution < -0.4 is 11.3 Å². The Balaban J connectivity index is 2.60. The molecule has 90 valence electrons. The monoisotopic (exact) mass is 239 g/mol. The first-order valence-electron chi connectivity index (χ1n) is 5.76. The van der Waals surface area contributed by atoms with E-state index >= 15 is 0 Å². The van der Waals surface area contributed by atoms with Crippen LogP contribution in [0.4, 0.5) is 5.69 Å². The molecule has 3 N–H and O–H groups in total. The van der Waals surface area contributed by atoms with Gasteiger partial charge in [-0.3, -0.25) is 4.79 Å². The maximum absolute atomic E-state index is 12.0. The lowest BCUT2D eigenvalue weighted by molar-refractivity contribution is 1.16. The predicted octanol–water partition coefficient (Wildman–Crippen LogP) is 2.28. The van der Waals surface area contributed by atoms with Crippen molar-refractivity contribution in [1.82, 2.24) is 9.97 Å². The first-order valence-corrected chi connectivity index (χ1v) is 5.76. The number of hydrogen-bond donors (Lipinski definition) is 2. The van der Waals surface area contributed by atoms with E-state index in [2.05, 4.69) is 9.97 Å². The van der Waals surface area contributed by atoms with Crippen LogP contribution in [0.2, 0.25) is 0 Å². The number of nitrogens with two attached hydrogens (primary N) is 1. The lowest BCUT2D eigenvalue weighted by Crippen LogP contribution is -2.10. The largest absolute Gasteiger partial charge is 0.397 e. The Labute approximate surface area is 103 Å². The van der Waals surface area contributed by atoms with E-state index in [9.17, 15) is 4.79 Å². The van der Waals surface area contributed by atoms with Gasteiger partial charge in [-0.05, 0) is 31.5 Å². The molecule has 0 spiro atoms. The quantitative estimate of drug-likeness (QED) is 0.591. The summed E-state index contributed by atoms with van der Waals surface area (Å²) in [4.78, 5) is 19.2. The van der Waals surface area contributed by atoms with Crippen molar-refractivity contribution < 1.29 is 0 Å². The van der Waals surface area contributed by atoms with Gasteiger partial charge in [0, 0.05) is 11.1 Å². The number of aryl methyl sites for hydroxylation is 2. The zero-order valence-corrected chi connectivity index (χ0v) is 10.2. The molecule has 1 aromatic carbocycles. The molecule has 3 rings (SSSR count). The molecule has 2 heterocycles. The summed E-state index contributed by atoms with van der Waals surface area (Å²) in [6, 6.07) is 7.69. The zero-order chi connectivity index (χ0) is 12.9. The van der Waals surface area contributed by atoms with Crippen molar-refractivity contribution in [3.8, 4) is 0 Å². The molecule has 0 aliphatic rings. The summed E-state index contributed by atoms with van der Waals surface area (Å²) in [5.41, 5.74) is 9.78. The number of H-pyrrole nitrogens is 1. The molecule has 2 aromatic heterocycles. The molecule has 18 heavy (non-hydrogen) atoms. The normalized spacial score (nSPS) is 11.2. The van der Waals surface area contributed by atoms with Crippen LogP contribution in [0.25, 0.3) is 21.8 Å². The second-order valence-electron chi connectivity index (χ2n) is 4.59. The van der Waals surface area contributed by atoms with Crippen LogP contribution in [0.15, 0.2) is 29.1 Å². The summed E-state index contributed by atoms with van der Waals surface area (Å²) in [5, 5.41) is 1.29. The van der Waals surface area contributed by atoms with Crippen molar-refractivity contribution in [1.29, 1.82) is 0 Å². The predicted molar refractivity (Wildman–Crippen MR) is 73.8 cm³/mol. The molecule has 0 fully saturated rings. The number of pyridine rings is 2. The minimum absolute atomic E-state index is 0.183. The van der Waals surface area contributed by atoms with Crippen LogP contribution in [0, 0.1) is 13.8 Å². The van der Waals surface area contributed by atoms with E-state index in [4.69, 9.17) is 5.73 Å². The molecule has 4 heteroatoms. The minimum Gasteiger partial charge on any atom is -0.397 e. The SMILES string of the molecule is Cc1ccc2c(N)c3c(=O)[nH]c(C)cc3nc2c1. The Bertz CT molecular complexity index is 834. The minimum atomic E-state index is -0.183. The van der Waals surface area contributed by atoms with Crippen molar-refractivity contribution in [3.05, 3.63) is 45.9 Å². The third-order valence-corrected chi connectivity index (χ3v) is 3.10. The molecule has 0 radical (unpaired) electrons. The number of rotatable bonds is 0. The Kier molecular flexibility index (Phi) is 2.13. The fraction of sp³-hybridized carbons (Fsp3) is 0.143. The number of aromatic nitrogens is 2. The van der Waals surface area contributed by atoms with Gasteiger partial charge in [0.15, 0.2) is 0 Å². The summed E-state index contributed by atoms with van der Waals surface area (Å²) >= 11 is 0. The average molecular weight is 239 g/mol. The van der Waals surface area contributed by atoms with Gasteiger partial charge in [0.2, 0.25) is 0 Å². The number of aromatic amines is 1. The highest BCUT2D eigenvalue weighted by molar-refractivity contribution is 6.06. The van der Waals surface area contributed by atoms with Gasteiger partial charge in [0.05, 0.1) is 22.1 Å². The Morgan fingerprint density at radius 3 is 2.72 bits per heavy atom. The van der Waals surface area contributed by atoms with Crippen molar-refractivity contribution in [2.45, 2.75) is 13.8 Å². The van der Waals surface area contributed by atoms with E-state index in [1.807, 2.05) is 38.1 Å². The zero-order valence-electron chi connectivity index (χ0n) is 10.2. The molecule has 0 aliphatic carbocycles. The molecule has 0 amide bonds. The highest BCUT2D eigenvalue weighted by Gasteiger charge is 2.10. The summed E-state index contributed by atoms with van der Waals surface area (Å²) in [6.45, 7) is 3.84. The molecule has 0 bridgehead atoms. The van der Waals surface area contributed by atoms with Gasteiger partial charge in [-0.1, -0.05) is 12.1 Å². The van der Waals surface area contributed by atoms with Gasteiger partial charge in [-0.25, -0.2) is 4.98 Å². The van der Waals surface area contributed by atoms with Crippen molar-refractivity contribution in [2.75, 3.05) is 5.73 Å². The number of fused-ring (bicyclic) bond motifs is 2. The Hall–Kier alpha value is -2.36. The Morgan fingerprint density at radius 2 is 1.94 bits per heavy atom.